The topological polar surface area (TPSA) is 138 Å². The highest BCUT2D eigenvalue weighted by Gasteiger charge is 2.31. The highest BCUT2D eigenvalue weighted by Crippen LogP contribution is 2.32. The molecule has 1 aliphatic heterocycles. The molecule has 170 valence electrons. The monoisotopic (exact) mass is 449 g/mol. The number of carboxylic acid groups (broad SMARTS) is 1. The number of carbonyl (C=O) groups is 3. The van der Waals surface area contributed by atoms with E-state index in [1.165, 1.54) is 4.90 Å². The molecule has 0 bridgehead atoms. The average molecular weight is 449 g/mol. The van der Waals surface area contributed by atoms with Gasteiger partial charge in [-0.1, -0.05) is 36.4 Å². The number of fused-ring (bicyclic) bond motifs is 1. The zero-order chi connectivity index (χ0) is 23.4. The van der Waals surface area contributed by atoms with Crippen molar-refractivity contribution in [3.63, 3.8) is 0 Å². The van der Waals surface area contributed by atoms with Crippen molar-refractivity contribution in [3.05, 3.63) is 71.3 Å². The van der Waals surface area contributed by atoms with Crippen LogP contribution in [0.1, 0.15) is 34.0 Å². The van der Waals surface area contributed by atoms with E-state index < -0.39 is 17.9 Å². The van der Waals surface area contributed by atoms with Crippen LogP contribution in [0.2, 0.25) is 0 Å². The third kappa shape index (κ3) is 5.17. The van der Waals surface area contributed by atoms with Gasteiger partial charge in [0.1, 0.15) is 24.2 Å². The number of hydrogen-bond donors (Lipinski definition) is 3. The molecule has 0 saturated carbocycles. The van der Waals surface area contributed by atoms with E-state index in [1.54, 1.807) is 25.2 Å². The van der Waals surface area contributed by atoms with Crippen LogP contribution < -0.4 is 15.0 Å². The van der Waals surface area contributed by atoms with E-state index in [0.717, 1.165) is 11.1 Å². The van der Waals surface area contributed by atoms with E-state index in [2.05, 4.69) is 20.5 Å². The molecule has 0 saturated heterocycles. The molecule has 10 heteroatoms. The van der Waals surface area contributed by atoms with Crippen LogP contribution in [0.4, 0.5) is 5.69 Å². The standard InChI is InChI=1S/C23H23N5O5/c1-28-17-11-15(8-10-20(29)30)7-9-18(17)33-13-16(23(28)32)24-22(31)21-25-19(26-27-21)12-14-5-3-2-4-6-14/h2-7,9,11,16H,8,10,12-13H2,1H3,(H,24,31)(H,29,30)(H,25,26,27). The van der Waals surface area contributed by atoms with Gasteiger partial charge < -0.3 is 20.1 Å². The summed E-state index contributed by atoms with van der Waals surface area (Å²) < 4.78 is 5.76. The predicted octanol–water partition coefficient (Wildman–Crippen LogP) is 1.57. The first-order valence-electron chi connectivity index (χ1n) is 10.4. The second-order valence-corrected chi connectivity index (χ2v) is 7.70. The van der Waals surface area contributed by atoms with E-state index in [-0.39, 0.29) is 24.8 Å². The molecule has 0 spiro atoms. The summed E-state index contributed by atoms with van der Waals surface area (Å²) in [6, 6.07) is 13.9. The Balaban J connectivity index is 1.43. The number of aromatic nitrogens is 3. The fourth-order valence-electron chi connectivity index (χ4n) is 3.54. The van der Waals surface area contributed by atoms with Crippen LogP contribution in [0.15, 0.2) is 48.5 Å². The highest BCUT2D eigenvalue weighted by molar-refractivity contribution is 6.02. The van der Waals surface area contributed by atoms with E-state index in [0.29, 0.717) is 30.1 Å². The van der Waals surface area contributed by atoms with Crippen LogP contribution in [0.5, 0.6) is 5.75 Å². The van der Waals surface area contributed by atoms with Crippen molar-refractivity contribution >= 4 is 23.5 Å². The first-order valence-corrected chi connectivity index (χ1v) is 10.4. The predicted molar refractivity (Wildman–Crippen MR) is 118 cm³/mol. The number of amides is 2. The van der Waals surface area contributed by atoms with Gasteiger partial charge in [0, 0.05) is 19.9 Å². The number of nitrogens with one attached hydrogen (secondary N) is 2. The smallest absolute Gasteiger partial charge is 0.303 e. The van der Waals surface area contributed by atoms with Gasteiger partial charge in [-0.25, -0.2) is 4.98 Å². The third-order valence-corrected chi connectivity index (χ3v) is 5.30. The molecule has 0 fully saturated rings. The number of aromatic amines is 1. The summed E-state index contributed by atoms with van der Waals surface area (Å²) in [5.41, 5.74) is 2.31. The minimum absolute atomic E-state index is 0.0150. The number of aliphatic carboxylic acids is 1. The SMILES string of the molecule is CN1C(=O)C(NC(=O)c2n[nH]c(Cc3ccccc3)n2)COc2ccc(CCC(=O)O)cc21. The average Bonchev–Trinajstić information content (AvgIpc) is 3.24. The fourth-order valence-corrected chi connectivity index (χ4v) is 3.54. The Morgan fingerprint density at radius 1 is 1.21 bits per heavy atom. The lowest BCUT2D eigenvalue weighted by Crippen LogP contribution is -2.49. The number of aryl methyl sites for hydroxylation is 1. The molecule has 1 aliphatic rings. The van der Waals surface area contributed by atoms with Crippen molar-refractivity contribution in [2.45, 2.75) is 25.3 Å². The minimum atomic E-state index is -0.937. The number of hydrogen-bond acceptors (Lipinski definition) is 6. The molecular formula is C23H23N5O5. The Morgan fingerprint density at radius 2 is 2.00 bits per heavy atom. The quantitative estimate of drug-likeness (QED) is 0.498. The number of rotatable bonds is 7. The number of carboxylic acids is 1. The molecule has 2 aromatic carbocycles. The number of nitrogens with zero attached hydrogens (tertiary/aromatic N) is 3. The Hall–Kier alpha value is -4.21. The summed E-state index contributed by atoms with van der Waals surface area (Å²) in [6.45, 7) is -0.0579. The maximum absolute atomic E-state index is 13.0. The number of benzene rings is 2. The number of H-pyrrole nitrogens is 1. The van der Waals surface area contributed by atoms with Crippen LogP contribution in [0.3, 0.4) is 0 Å². The Bertz CT molecular complexity index is 1180. The van der Waals surface area contributed by atoms with Crippen molar-refractivity contribution in [2.75, 3.05) is 18.6 Å². The van der Waals surface area contributed by atoms with Crippen LogP contribution in [0.25, 0.3) is 0 Å². The lowest BCUT2D eigenvalue weighted by atomic mass is 10.1. The van der Waals surface area contributed by atoms with E-state index in [1.807, 2.05) is 30.3 Å². The van der Waals surface area contributed by atoms with Gasteiger partial charge in [0.25, 0.3) is 11.8 Å². The minimum Gasteiger partial charge on any atom is -0.489 e. The molecule has 0 aliphatic carbocycles. The summed E-state index contributed by atoms with van der Waals surface area (Å²) in [5.74, 6) is -0.897. The van der Waals surface area contributed by atoms with E-state index in [4.69, 9.17) is 9.84 Å². The van der Waals surface area contributed by atoms with Crippen molar-refractivity contribution in [3.8, 4) is 5.75 Å². The van der Waals surface area contributed by atoms with Crippen LogP contribution in [-0.2, 0) is 22.4 Å². The summed E-state index contributed by atoms with van der Waals surface area (Å²) in [6.07, 6.45) is 0.814. The van der Waals surface area contributed by atoms with Crippen LogP contribution in [0, 0.1) is 0 Å². The van der Waals surface area contributed by atoms with E-state index >= 15 is 0 Å². The fraction of sp³-hybridized carbons (Fsp3) is 0.261. The maximum atomic E-state index is 13.0. The van der Waals surface area contributed by atoms with Gasteiger partial charge in [0.15, 0.2) is 0 Å². The molecule has 1 atom stereocenters. The van der Waals surface area contributed by atoms with Crippen LogP contribution in [-0.4, -0.2) is 57.8 Å². The van der Waals surface area contributed by atoms with Crippen molar-refractivity contribution in [1.82, 2.24) is 20.5 Å². The second kappa shape index (κ2) is 9.51. The van der Waals surface area contributed by atoms with Gasteiger partial charge in [0.05, 0.1) is 5.69 Å². The Labute approximate surface area is 189 Å². The molecule has 4 rings (SSSR count). The second-order valence-electron chi connectivity index (χ2n) is 7.70. The van der Waals surface area contributed by atoms with Gasteiger partial charge in [-0.3, -0.25) is 19.5 Å². The van der Waals surface area contributed by atoms with Gasteiger partial charge in [0.2, 0.25) is 5.82 Å². The number of anilines is 1. The molecule has 3 aromatic rings. The van der Waals surface area contributed by atoms with E-state index in [9.17, 15) is 14.4 Å². The molecule has 1 unspecified atom stereocenters. The Morgan fingerprint density at radius 3 is 2.76 bits per heavy atom. The lowest BCUT2D eigenvalue weighted by molar-refractivity contribution is -0.137. The summed E-state index contributed by atoms with van der Waals surface area (Å²) >= 11 is 0. The molecule has 3 N–H and O–H groups in total. The zero-order valence-electron chi connectivity index (χ0n) is 17.9. The molecular weight excluding hydrogens is 426 g/mol. The molecule has 33 heavy (non-hydrogen) atoms. The number of carbonyl (C=O) groups excluding carboxylic acids is 2. The number of likely N-dealkylation sites (N-methyl/N-ethyl adjacent to an activating group) is 1. The molecule has 1 aromatic heterocycles. The zero-order valence-corrected chi connectivity index (χ0v) is 17.9. The number of ether oxygens (including phenoxy) is 1. The highest BCUT2D eigenvalue weighted by atomic mass is 16.5. The normalized spacial score (nSPS) is 15.4. The first-order chi connectivity index (χ1) is 15.9. The van der Waals surface area contributed by atoms with Gasteiger partial charge in [-0.15, -0.1) is 5.10 Å². The molecule has 0 radical (unpaired) electrons. The van der Waals surface area contributed by atoms with Gasteiger partial charge in [-0.05, 0) is 29.7 Å². The van der Waals surface area contributed by atoms with Crippen LogP contribution >= 0.6 is 0 Å². The van der Waals surface area contributed by atoms with Crippen molar-refractivity contribution < 1.29 is 24.2 Å². The molecule has 2 amide bonds. The molecule has 2 heterocycles. The lowest BCUT2D eigenvalue weighted by Gasteiger charge is -2.20. The first kappa shape index (κ1) is 22.0. The van der Waals surface area contributed by atoms with Crippen molar-refractivity contribution in [2.24, 2.45) is 0 Å². The summed E-state index contributed by atoms with van der Waals surface area (Å²) in [7, 11) is 1.58. The molecule has 10 nitrogen and oxygen atoms in total. The summed E-state index contributed by atoms with van der Waals surface area (Å²) in [4.78, 5) is 42.1. The van der Waals surface area contributed by atoms with Crippen molar-refractivity contribution in [1.29, 1.82) is 0 Å². The Kier molecular flexibility index (Phi) is 6.34. The third-order valence-electron chi connectivity index (χ3n) is 5.30. The summed E-state index contributed by atoms with van der Waals surface area (Å²) in [5, 5.41) is 18.3. The van der Waals surface area contributed by atoms with Gasteiger partial charge >= 0.3 is 5.97 Å². The van der Waals surface area contributed by atoms with Gasteiger partial charge in [-0.2, -0.15) is 0 Å². The largest absolute Gasteiger partial charge is 0.489 e. The maximum Gasteiger partial charge on any atom is 0.303 e.